The number of aromatic nitrogens is 1. The van der Waals surface area contributed by atoms with Gasteiger partial charge in [0.2, 0.25) is 0 Å². The highest BCUT2D eigenvalue weighted by Crippen LogP contribution is 2.20. The Morgan fingerprint density at radius 3 is 2.81 bits per heavy atom. The molecule has 1 aliphatic rings. The van der Waals surface area contributed by atoms with Crippen LogP contribution < -0.4 is 20.3 Å². The van der Waals surface area contributed by atoms with E-state index in [0.717, 1.165) is 6.42 Å². The summed E-state index contributed by atoms with van der Waals surface area (Å²) in [5, 5.41) is 16.6. The number of guanidine groups is 1. The van der Waals surface area contributed by atoms with Gasteiger partial charge in [-0.15, -0.1) is 24.0 Å². The number of nitrogens with one attached hydrogen (secondary N) is 2. The Bertz CT molecular complexity index is 841. The second-order valence-corrected chi connectivity index (χ2v) is 7.02. The van der Waals surface area contributed by atoms with Crippen LogP contribution in [0.1, 0.15) is 13.3 Å². The third kappa shape index (κ3) is 7.76. The van der Waals surface area contributed by atoms with Gasteiger partial charge in [-0.1, -0.05) is 0 Å². The number of pyridine rings is 1. The number of halogens is 3. The molecule has 1 saturated heterocycles. The second kappa shape index (κ2) is 12.6. The molecule has 0 spiro atoms. The van der Waals surface area contributed by atoms with Crippen LogP contribution in [0.4, 0.5) is 14.6 Å². The average Bonchev–Trinajstić information content (AvgIpc) is 3.20. The Morgan fingerprint density at radius 2 is 2.10 bits per heavy atom. The largest absolute Gasteiger partial charge is 0.491 e. The number of aliphatic hydroxyl groups is 1. The third-order valence-corrected chi connectivity index (χ3v) is 4.63. The number of hydrogen-bond donors (Lipinski definition) is 3. The van der Waals surface area contributed by atoms with E-state index < -0.39 is 6.10 Å². The van der Waals surface area contributed by atoms with E-state index in [1.807, 2.05) is 11.8 Å². The van der Waals surface area contributed by atoms with Crippen molar-refractivity contribution in [1.82, 2.24) is 15.6 Å². The van der Waals surface area contributed by atoms with Crippen LogP contribution in [0.5, 0.6) is 5.75 Å². The number of ether oxygens (including phenoxy) is 1. The van der Waals surface area contributed by atoms with Gasteiger partial charge in [0.05, 0.1) is 6.54 Å². The Balaban J connectivity index is 0.00000341. The summed E-state index contributed by atoms with van der Waals surface area (Å²) in [6.07, 6.45) is 1.59. The zero-order chi connectivity index (χ0) is 21.3. The van der Waals surface area contributed by atoms with Gasteiger partial charge in [-0.25, -0.2) is 13.8 Å². The van der Waals surface area contributed by atoms with Gasteiger partial charge in [0.15, 0.2) is 17.6 Å². The standard InChI is InChI=1S/C21H27F2N5O2.HI/c1-2-24-21(26-12-17(29)14-30-18-7-5-15(22)6-8-18)27-16-9-11-28(13-16)20-19(23)4-3-10-25-20;/h3-8,10,16-17,29H,2,9,11-14H2,1H3,(H2,24,26,27);1H. The van der Waals surface area contributed by atoms with E-state index in [-0.39, 0.29) is 54.8 Å². The minimum Gasteiger partial charge on any atom is -0.491 e. The summed E-state index contributed by atoms with van der Waals surface area (Å²) in [6.45, 7) is 4.11. The molecule has 1 aromatic carbocycles. The number of hydrogen-bond acceptors (Lipinski definition) is 5. The van der Waals surface area contributed by atoms with Crippen LogP contribution >= 0.6 is 24.0 Å². The maximum Gasteiger partial charge on any atom is 0.191 e. The van der Waals surface area contributed by atoms with Gasteiger partial charge in [0.1, 0.15) is 24.3 Å². The molecule has 1 aliphatic heterocycles. The molecular formula is C21H28F2IN5O2. The number of nitrogens with zero attached hydrogens (tertiary/aromatic N) is 3. The first-order valence-corrected chi connectivity index (χ1v) is 10.0. The summed E-state index contributed by atoms with van der Waals surface area (Å²) in [6, 6.07) is 8.68. The van der Waals surface area contributed by atoms with Crippen molar-refractivity contribution in [1.29, 1.82) is 0 Å². The van der Waals surface area contributed by atoms with Gasteiger partial charge in [0, 0.05) is 31.9 Å². The second-order valence-electron chi connectivity index (χ2n) is 7.02. The smallest absolute Gasteiger partial charge is 0.191 e. The Labute approximate surface area is 197 Å². The number of aliphatic imine (C=N–C) groups is 1. The summed E-state index contributed by atoms with van der Waals surface area (Å²) >= 11 is 0. The SMILES string of the molecule is CCNC(=NCC(O)COc1ccc(F)cc1)NC1CCN(c2ncccc2F)C1.I. The molecule has 0 amide bonds. The fourth-order valence-electron chi connectivity index (χ4n) is 3.17. The van der Waals surface area contributed by atoms with Gasteiger partial charge in [0.25, 0.3) is 0 Å². The molecule has 3 N–H and O–H groups in total. The van der Waals surface area contributed by atoms with Crippen molar-refractivity contribution < 1.29 is 18.6 Å². The molecule has 2 atom stereocenters. The number of aliphatic hydroxyl groups excluding tert-OH is 1. The van der Waals surface area contributed by atoms with Gasteiger partial charge in [-0.3, -0.25) is 4.99 Å². The van der Waals surface area contributed by atoms with E-state index in [1.54, 1.807) is 12.3 Å². The molecule has 0 radical (unpaired) electrons. The van der Waals surface area contributed by atoms with Crippen LogP contribution in [0.25, 0.3) is 0 Å². The van der Waals surface area contributed by atoms with Crippen LogP contribution in [0.15, 0.2) is 47.6 Å². The van der Waals surface area contributed by atoms with E-state index in [1.165, 1.54) is 30.3 Å². The van der Waals surface area contributed by atoms with E-state index in [0.29, 0.717) is 37.2 Å². The molecule has 2 aromatic rings. The summed E-state index contributed by atoms with van der Waals surface area (Å²) in [5.41, 5.74) is 0. The minimum atomic E-state index is -0.812. The van der Waals surface area contributed by atoms with Crippen molar-refractivity contribution in [2.24, 2.45) is 4.99 Å². The zero-order valence-corrected chi connectivity index (χ0v) is 19.6. The summed E-state index contributed by atoms with van der Waals surface area (Å²) in [4.78, 5) is 10.4. The molecule has 0 saturated carbocycles. The lowest BCUT2D eigenvalue weighted by Gasteiger charge is -2.20. The Kier molecular flexibility index (Phi) is 10.2. The van der Waals surface area contributed by atoms with Crippen molar-refractivity contribution in [2.75, 3.05) is 37.7 Å². The first-order valence-electron chi connectivity index (χ1n) is 10.0. The molecule has 7 nitrogen and oxygen atoms in total. The predicted molar refractivity (Wildman–Crippen MR) is 127 cm³/mol. The van der Waals surface area contributed by atoms with Crippen molar-refractivity contribution in [2.45, 2.75) is 25.5 Å². The molecular weight excluding hydrogens is 519 g/mol. The fourth-order valence-corrected chi connectivity index (χ4v) is 3.17. The molecule has 3 rings (SSSR count). The maximum atomic E-state index is 14.0. The normalized spacial score (nSPS) is 17.1. The highest BCUT2D eigenvalue weighted by atomic mass is 127. The Morgan fingerprint density at radius 1 is 1.32 bits per heavy atom. The fraction of sp³-hybridized carbons (Fsp3) is 0.429. The molecule has 1 fully saturated rings. The van der Waals surface area contributed by atoms with Gasteiger partial charge < -0.3 is 25.4 Å². The molecule has 0 aliphatic carbocycles. The van der Waals surface area contributed by atoms with Crippen LogP contribution in [-0.2, 0) is 0 Å². The van der Waals surface area contributed by atoms with Gasteiger partial charge >= 0.3 is 0 Å². The first-order chi connectivity index (χ1) is 14.5. The van der Waals surface area contributed by atoms with E-state index in [4.69, 9.17) is 4.74 Å². The molecule has 1 aromatic heterocycles. The minimum absolute atomic E-state index is 0. The highest BCUT2D eigenvalue weighted by molar-refractivity contribution is 14.0. The Hall–Kier alpha value is -2.21. The lowest BCUT2D eigenvalue weighted by atomic mass is 10.3. The monoisotopic (exact) mass is 547 g/mol. The van der Waals surface area contributed by atoms with Crippen LogP contribution in [0, 0.1) is 11.6 Å². The van der Waals surface area contributed by atoms with Gasteiger partial charge in [-0.2, -0.15) is 0 Å². The molecule has 2 heterocycles. The van der Waals surface area contributed by atoms with Crippen LogP contribution in [0.2, 0.25) is 0 Å². The van der Waals surface area contributed by atoms with Crippen molar-refractivity contribution in [3.63, 3.8) is 0 Å². The molecule has 170 valence electrons. The highest BCUT2D eigenvalue weighted by Gasteiger charge is 2.26. The number of anilines is 1. The number of rotatable bonds is 8. The lowest BCUT2D eigenvalue weighted by Crippen LogP contribution is -2.45. The van der Waals surface area contributed by atoms with Crippen LogP contribution in [-0.4, -0.2) is 61.0 Å². The van der Waals surface area contributed by atoms with Crippen molar-refractivity contribution in [3.8, 4) is 5.75 Å². The number of benzene rings is 1. The van der Waals surface area contributed by atoms with E-state index >= 15 is 0 Å². The zero-order valence-electron chi connectivity index (χ0n) is 17.3. The van der Waals surface area contributed by atoms with Crippen LogP contribution in [0.3, 0.4) is 0 Å². The summed E-state index contributed by atoms with van der Waals surface area (Å²) < 4.78 is 32.3. The third-order valence-electron chi connectivity index (χ3n) is 4.63. The van der Waals surface area contributed by atoms with Crippen molar-refractivity contribution in [3.05, 3.63) is 54.2 Å². The lowest BCUT2D eigenvalue weighted by molar-refractivity contribution is 0.114. The molecule has 2 unspecified atom stereocenters. The molecule has 10 heteroatoms. The van der Waals surface area contributed by atoms with Crippen molar-refractivity contribution >= 4 is 35.8 Å². The molecule has 0 bridgehead atoms. The maximum absolute atomic E-state index is 14.0. The van der Waals surface area contributed by atoms with E-state index in [9.17, 15) is 13.9 Å². The van der Waals surface area contributed by atoms with Gasteiger partial charge in [-0.05, 0) is 49.7 Å². The summed E-state index contributed by atoms with van der Waals surface area (Å²) in [5.74, 6) is 0.745. The quantitative estimate of drug-likeness (QED) is 0.268. The molecule has 31 heavy (non-hydrogen) atoms. The van der Waals surface area contributed by atoms with E-state index in [2.05, 4.69) is 20.6 Å². The first kappa shape index (κ1) is 25.1. The average molecular weight is 547 g/mol. The summed E-state index contributed by atoms with van der Waals surface area (Å²) in [7, 11) is 0. The predicted octanol–water partition coefficient (Wildman–Crippen LogP) is 2.55. The topological polar surface area (TPSA) is 82.0 Å².